The van der Waals surface area contributed by atoms with Crippen molar-refractivity contribution in [2.75, 3.05) is 6.54 Å². The van der Waals surface area contributed by atoms with Gasteiger partial charge in [0.1, 0.15) is 5.08 Å². The number of rotatable bonds is 3. The van der Waals surface area contributed by atoms with E-state index in [-0.39, 0.29) is 13.0 Å². The van der Waals surface area contributed by atoms with Crippen LogP contribution in [0.1, 0.15) is 12.8 Å². The van der Waals surface area contributed by atoms with Crippen LogP contribution in [0.4, 0.5) is 0 Å². The number of aliphatic hydroxyl groups is 1. The molecule has 1 aliphatic heterocycles. The van der Waals surface area contributed by atoms with Crippen LogP contribution in [0.3, 0.4) is 0 Å². The standard InChI is InChI=1S/C5H13NO7P2/c7-5(14(8,9)10,15(11,12)13)4-2-1-3-6-4/h4,6-7H,1-3H2,(H2,8,9,10)(H2,11,12,13)/p-4. The summed E-state index contributed by atoms with van der Waals surface area (Å²) in [6.07, 6.45) is 0.326. The molecule has 0 aromatic carbocycles. The molecule has 2 N–H and O–H groups in total. The van der Waals surface area contributed by atoms with Crippen molar-refractivity contribution in [3.05, 3.63) is 0 Å². The fourth-order valence-corrected chi connectivity index (χ4v) is 3.95. The fraction of sp³-hybridized carbons (Fsp3) is 1.00. The highest BCUT2D eigenvalue weighted by atomic mass is 31.2. The van der Waals surface area contributed by atoms with E-state index in [4.69, 9.17) is 0 Å². The van der Waals surface area contributed by atoms with Crippen LogP contribution >= 0.6 is 15.2 Å². The van der Waals surface area contributed by atoms with Crippen LogP contribution in [0.15, 0.2) is 0 Å². The molecule has 0 aromatic heterocycles. The molecule has 1 heterocycles. The van der Waals surface area contributed by atoms with Gasteiger partial charge in [-0.1, -0.05) is 0 Å². The van der Waals surface area contributed by atoms with Gasteiger partial charge in [0.2, 0.25) is 0 Å². The van der Waals surface area contributed by atoms with Crippen molar-refractivity contribution in [3.8, 4) is 0 Å². The first-order valence-electron chi connectivity index (χ1n) is 4.11. The van der Waals surface area contributed by atoms with E-state index >= 15 is 0 Å². The molecule has 0 spiro atoms. The molecular formula is C5H9NO7P2-4. The minimum atomic E-state index is -5.95. The molecule has 0 radical (unpaired) electrons. The van der Waals surface area contributed by atoms with Crippen molar-refractivity contribution in [1.29, 1.82) is 0 Å². The predicted octanol–water partition coefficient (Wildman–Crippen LogP) is -3.79. The van der Waals surface area contributed by atoms with Gasteiger partial charge in [-0.25, -0.2) is 0 Å². The van der Waals surface area contributed by atoms with Crippen LogP contribution in [-0.4, -0.2) is 22.8 Å². The van der Waals surface area contributed by atoms with Gasteiger partial charge >= 0.3 is 0 Å². The van der Waals surface area contributed by atoms with Crippen LogP contribution in [0, 0.1) is 0 Å². The Hall–Kier alpha value is 0.220. The Morgan fingerprint density at radius 1 is 1.20 bits per heavy atom. The zero-order chi connectivity index (χ0) is 11.9. The topological polar surface area (TPSA) is 159 Å². The van der Waals surface area contributed by atoms with E-state index in [1.54, 1.807) is 0 Å². The van der Waals surface area contributed by atoms with Gasteiger partial charge < -0.3 is 39.1 Å². The van der Waals surface area contributed by atoms with Crippen molar-refractivity contribution < 1.29 is 33.8 Å². The van der Waals surface area contributed by atoms with Crippen molar-refractivity contribution in [1.82, 2.24) is 5.32 Å². The zero-order valence-electron chi connectivity index (χ0n) is 7.49. The SMILES string of the molecule is O=P([O-])([O-])C(O)(C1CCCN1)P(=O)([O-])[O-]. The molecule has 1 saturated heterocycles. The molecule has 1 aliphatic rings. The monoisotopic (exact) mass is 257 g/mol. The van der Waals surface area contributed by atoms with Gasteiger partial charge in [0.05, 0.1) is 0 Å². The van der Waals surface area contributed by atoms with Gasteiger partial charge in [-0.2, -0.15) is 0 Å². The highest BCUT2D eigenvalue weighted by molar-refractivity contribution is 7.69. The maximum Gasteiger partial charge on any atom is 0.132 e. The zero-order valence-corrected chi connectivity index (χ0v) is 9.28. The molecule has 0 bridgehead atoms. The molecule has 10 heteroatoms. The Bertz CT molecular complexity index is 304. The van der Waals surface area contributed by atoms with Gasteiger partial charge in [0.25, 0.3) is 0 Å². The average Bonchev–Trinajstić information content (AvgIpc) is 2.49. The third kappa shape index (κ3) is 2.18. The summed E-state index contributed by atoms with van der Waals surface area (Å²) in [6, 6.07) is -1.54. The van der Waals surface area contributed by atoms with E-state index in [1.807, 2.05) is 0 Å². The molecule has 1 unspecified atom stereocenters. The Morgan fingerprint density at radius 2 is 1.67 bits per heavy atom. The Labute approximate surface area is 85.6 Å². The lowest BCUT2D eigenvalue weighted by atomic mass is 10.2. The highest BCUT2D eigenvalue weighted by Crippen LogP contribution is 2.61. The van der Waals surface area contributed by atoms with E-state index in [2.05, 4.69) is 5.32 Å². The van der Waals surface area contributed by atoms with Gasteiger partial charge in [-0.15, -0.1) is 0 Å². The molecule has 1 atom stereocenters. The average molecular weight is 257 g/mol. The van der Waals surface area contributed by atoms with E-state index in [0.717, 1.165) is 0 Å². The third-order valence-electron chi connectivity index (χ3n) is 2.33. The number of hydrogen-bond donors (Lipinski definition) is 2. The minimum absolute atomic E-state index is 0.0561. The van der Waals surface area contributed by atoms with E-state index < -0.39 is 26.3 Å². The summed E-state index contributed by atoms with van der Waals surface area (Å²) in [5, 5.41) is 7.89. The lowest BCUT2D eigenvalue weighted by molar-refractivity contribution is -0.350. The lowest BCUT2D eigenvalue weighted by Gasteiger charge is -2.58. The lowest BCUT2D eigenvalue weighted by Crippen LogP contribution is -2.56. The summed E-state index contributed by atoms with van der Waals surface area (Å²) >= 11 is 0. The molecule has 15 heavy (non-hydrogen) atoms. The number of hydrogen-bond acceptors (Lipinski definition) is 8. The molecule has 1 rings (SSSR count). The van der Waals surface area contributed by atoms with E-state index in [9.17, 15) is 33.8 Å². The first kappa shape index (κ1) is 13.3. The molecular weight excluding hydrogens is 248 g/mol. The molecule has 90 valence electrons. The second-order valence-electron chi connectivity index (χ2n) is 3.33. The third-order valence-corrected chi connectivity index (χ3v) is 6.04. The summed E-state index contributed by atoms with van der Waals surface area (Å²) in [4.78, 5) is 42.8. The normalized spacial score (nSPS) is 24.5. The molecule has 0 saturated carbocycles. The summed E-state index contributed by atoms with van der Waals surface area (Å²) < 4.78 is 21.4. The van der Waals surface area contributed by atoms with Crippen molar-refractivity contribution in [3.63, 3.8) is 0 Å². The van der Waals surface area contributed by atoms with Gasteiger partial charge in [-0.3, -0.25) is 0 Å². The van der Waals surface area contributed by atoms with Crippen LogP contribution in [-0.2, 0) is 9.13 Å². The highest BCUT2D eigenvalue weighted by Gasteiger charge is 2.44. The van der Waals surface area contributed by atoms with Crippen molar-refractivity contribution >= 4 is 15.2 Å². The fourth-order valence-electron chi connectivity index (χ4n) is 1.55. The summed E-state index contributed by atoms with van der Waals surface area (Å²) in [7, 11) is -11.9. The number of nitrogens with one attached hydrogen (secondary N) is 1. The quantitative estimate of drug-likeness (QED) is 0.487. The first-order chi connectivity index (χ1) is 6.61. The van der Waals surface area contributed by atoms with Crippen LogP contribution in [0.5, 0.6) is 0 Å². The van der Waals surface area contributed by atoms with Crippen LogP contribution < -0.4 is 24.9 Å². The maximum absolute atomic E-state index is 10.7. The predicted molar refractivity (Wildman–Crippen MR) is 41.2 cm³/mol. The van der Waals surface area contributed by atoms with Crippen molar-refractivity contribution in [2.24, 2.45) is 0 Å². The van der Waals surface area contributed by atoms with Crippen LogP contribution in [0.2, 0.25) is 0 Å². The largest absolute Gasteiger partial charge is 0.808 e. The Balaban J connectivity index is 3.18. The summed E-state index contributed by atoms with van der Waals surface area (Å²) in [5.41, 5.74) is 0. The Kier molecular flexibility index (Phi) is 3.46. The second-order valence-corrected chi connectivity index (χ2v) is 7.04. The molecule has 8 nitrogen and oxygen atoms in total. The van der Waals surface area contributed by atoms with E-state index in [0.29, 0.717) is 6.42 Å². The first-order valence-corrected chi connectivity index (χ1v) is 7.19. The molecule has 1 fully saturated rings. The molecule has 0 amide bonds. The summed E-state index contributed by atoms with van der Waals surface area (Å²) in [5.74, 6) is 0. The van der Waals surface area contributed by atoms with Gasteiger partial charge in [-0.05, 0) is 34.6 Å². The minimum Gasteiger partial charge on any atom is -0.808 e. The molecule has 0 aromatic rings. The van der Waals surface area contributed by atoms with Crippen molar-refractivity contribution in [2.45, 2.75) is 24.0 Å². The Morgan fingerprint density at radius 3 is 1.93 bits per heavy atom. The second kappa shape index (κ2) is 3.91. The maximum atomic E-state index is 10.7. The summed E-state index contributed by atoms with van der Waals surface area (Å²) in [6.45, 7) is 0.243. The van der Waals surface area contributed by atoms with Gasteiger partial charge in [0.15, 0.2) is 0 Å². The van der Waals surface area contributed by atoms with Gasteiger partial charge in [0, 0.05) is 6.04 Å². The smallest absolute Gasteiger partial charge is 0.132 e. The van der Waals surface area contributed by atoms with Crippen LogP contribution in [0.25, 0.3) is 0 Å². The van der Waals surface area contributed by atoms with E-state index in [1.165, 1.54) is 0 Å². The molecule has 0 aliphatic carbocycles.